The van der Waals surface area contributed by atoms with Crippen LogP contribution in [0.2, 0.25) is 0 Å². The molecule has 0 aliphatic carbocycles. The van der Waals surface area contributed by atoms with E-state index < -0.39 is 18.1 Å². The van der Waals surface area contributed by atoms with Crippen molar-refractivity contribution < 1.29 is 19.4 Å². The van der Waals surface area contributed by atoms with Crippen LogP contribution in [-0.4, -0.2) is 53.8 Å². The first-order chi connectivity index (χ1) is 8.58. The number of hydrogen-bond acceptors (Lipinski definition) is 5. The van der Waals surface area contributed by atoms with Gasteiger partial charge < -0.3 is 20.9 Å². The van der Waals surface area contributed by atoms with Gasteiger partial charge in [0.15, 0.2) is 0 Å². The lowest BCUT2D eigenvalue weighted by atomic mass is 10.1. The largest absolute Gasteiger partial charge is 0.480 e. The summed E-state index contributed by atoms with van der Waals surface area (Å²) in [6, 6.07) is -0.842. The Bertz CT molecular complexity index is 301. The van der Waals surface area contributed by atoms with Crippen LogP contribution >= 0.6 is 11.8 Å². The molecule has 3 unspecified atom stereocenters. The van der Waals surface area contributed by atoms with Crippen molar-refractivity contribution in [2.24, 2.45) is 5.73 Å². The topological polar surface area (TPSA) is 102 Å². The maximum atomic E-state index is 11.8. The van der Waals surface area contributed by atoms with Crippen molar-refractivity contribution in [2.45, 2.75) is 37.5 Å². The van der Waals surface area contributed by atoms with Crippen molar-refractivity contribution in [2.75, 3.05) is 18.6 Å². The number of thioether (sulfide) groups is 1. The predicted molar refractivity (Wildman–Crippen MR) is 69.5 cm³/mol. The number of carbonyl (C=O) groups is 2. The highest BCUT2D eigenvalue weighted by Gasteiger charge is 2.32. The summed E-state index contributed by atoms with van der Waals surface area (Å²) in [6.45, 7) is 0.388. The lowest BCUT2D eigenvalue weighted by molar-refractivity contribution is -0.144. The highest BCUT2D eigenvalue weighted by Crippen LogP contribution is 2.19. The fourth-order valence-electron chi connectivity index (χ4n) is 1.83. The minimum Gasteiger partial charge on any atom is -0.480 e. The van der Waals surface area contributed by atoms with Gasteiger partial charge >= 0.3 is 5.97 Å². The van der Waals surface area contributed by atoms with Gasteiger partial charge in [-0.2, -0.15) is 11.8 Å². The highest BCUT2D eigenvalue weighted by atomic mass is 32.2. The molecule has 0 radical (unpaired) electrons. The third kappa shape index (κ3) is 4.47. The molecule has 18 heavy (non-hydrogen) atoms. The molecule has 0 aromatic carbocycles. The van der Waals surface area contributed by atoms with Gasteiger partial charge in [0.05, 0.1) is 6.10 Å². The number of nitrogens with one attached hydrogen (secondary N) is 1. The molecule has 1 aliphatic heterocycles. The van der Waals surface area contributed by atoms with Crippen molar-refractivity contribution >= 4 is 23.6 Å². The van der Waals surface area contributed by atoms with Crippen molar-refractivity contribution in [1.29, 1.82) is 0 Å². The Morgan fingerprint density at radius 3 is 2.78 bits per heavy atom. The maximum Gasteiger partial charge on any atom is 0.326 e. The van der Waals surface area contributed by atoms with Gasteiger partial charge in [-0.3, -0.25) is 4.79 Å². The zero-order valence-electron chi connectivity index (χ0n) is 10.4. The van der Waals surface area contributed by atoms with Gasteiger partial charge in [0.2, 0.25) is 5.91 Å². The molecule has 1 fully saturated rings. The van der Waals surface area contributed by atoms with Gasteiger partial charge in [-0.25, -0.2) is 4.79 Å². The molecule has 1 heterocycles. The molecule has 4 N–H and O–H groups in total. The van der Waals surface area contributed by atoms with Crippen molar-refractivity contribution in [3.63, 3.8) is 0 Å². The van der Waals surface area contributed by atoms with Crippen LogP contribution in [0.1, 0.15) is 19.3 Å². The number of amides is 1. The Balaban J connectivity index is 2.43. The second-order valence-electron chi connectivity index (χ2n) is 4.24. The standard InChI is InChI=1S/C11H20N2O4S/c1-18-5-4-8(11(15)16)13-10(14)9-3-2-7(6-12)17-9/h7-9H,2-6,12H2,1H3,(H,13,14)(H,15,16). The predicted octanol–water partition coefficient (Wildman–Crippen LogP) is -0.185. The first kappa shape index (κ1) is 15.3. The monoisotopic (exact) mass is 276 g/mol. The number of hydrogen-bond donors (Lipinski definition) is 3. The molecule has 1 saturated heterocycles. The maximum absolute atomic E-state index is 11.8. The molecular formula is C11H20N2O4S. The Hall–Kier alpha value is -0.790. The lowest BCUT2D eigenvalue weighted by Gasteiger charge is -2.17. The normalized spacial score (nSPS) is 24.8. The fraction of sp³-hybridized carbons (Fsp3) is 0.818. The van der Waals surface area contributed by atoms with E-state index in [1.54, 1.807) is 11.8 Å². The SMILES string of the molecule is CSCCC(NC(=O)C1CCC(CN)O1)C(=O)O. The zero-order chi connectivity index (χ0) is 13.5. The number of carboxylic acid groups (broad SMARTS) is 1. The molecule has 0 aromatic rings. The van der Waals surface area contributed by atoms with Crippen LogP contribution in [0.4, 0.5) is 0 Å². The summed E-state index contributed by atoms with van der Waals surface area (Å²) in [5.74, 6) is -0.668. The average molecular weight is 276 g/mol. The summed E-state index contributed by atoms with van der Waals surface area (Å²) in [5.41, 5.74) is 5.46. The summed E-state index contributed by atoms with van der Waals surface area (Å²) in [4.78, 5) is 22.8. The minimum atomic E-state index is -1.01. The van der Waals surface area contributed by atoms with E-state index in [9.17, 15) is 9.59 Å². The van der Waals surface area contributed by atoms with Crippen LogP contribution < -0.4 is 11.1 Å². The van der Waals surface area contributed by atoms with E-state index >= 15 is 0 Å². The number of carbonyl (C=O) groups excluding carboxylic acids is 1. The number of ether oxygens (including phenoxy) is 1. The first-order valence-electron chi connectivity index (χ1n) is 5.96. The van der Waals surface area contributed by atoms with Gasteiger partial charge in [-0.15, -0.1) is 0 Å². The second-order valence-corrected chi connectivity index (χ2v) is 5.23. The third-order valence-electron chi connectivity index (χ3n) is 2.89. The Morgan fingerprint density at radius 2 is 2.28 bits per heavy atom. The van der Waals surface area contributed by atoms with Gasteiger partial charge in [0.25, 0.3) is 0 Å². The van der Waals surface area contributed by atoms with Crippen molar-refractivity contribution in [3.05, 3.63) is 0 Å². The van der Waals surface area contributed by atoms with E-state index in [2.05, 4.69) is 5.32 Å². The van der Waals surface area contributed by atoms with Crippen molar-refractivity contribution in [3.8, 4) is 0 Å². The van der Waals surface area contributed by atoms with E-state index in [-0.39, 0.29) is 12.0 Å². The molecule has 0 bridgehead atoms. The Kier molecular flexibility index (Phi) is 6.45. The molecule has 7 heteroatoms. The summed E-state index contributed by atoms with van der Waals surface area (Å²) in [7, 11) is 0. The van der Waals surface area contributed by atoms with Gasteiger partial charge in [0.1, 0.15) is 12.1 Å². The van der Waals surface area contributed by atoms with E-state index in [1.807, 2.05) is 6.26 Å². The van der Waals surface area contributed by atoms with Gasteiger partial charge in [-0.1, -0.05) is 0 Å². The van der Waals surface area contributed by atoms with Crippen LogP contribution in [0, 0.1) is 0 Å². The van der Waals surface area contributed by atoms with Crippen LogP contribution in [0.15, 0.2) is 0 Å². The first-order valence-corrected chi connectivity index (χ1v) is 7.35. The van der Waals surface area contributed by atoms with Crippen LogP contribution in [0.5, 0.6) is 0 Å². The quantitative estimate of drug-likeness (QED) is 0.596. The van der Waals surface area contributed by atoms with Crippen LogP contribution in [0.25, 0.3) is 0 Å². The van der Waals surface area contributed by atoms with Crippen molar-refractivity contribution in [1.82, 2.24) is 5.32 Å². The lowest BCUT2D eigenvalue weighted by Crippen LogP contribution is -2.46. The van der Waals surface area contributed by atoms with Gasteiger partial charge in [0, 0.05) is 6.54 Å². The van der Waals surface area contributed by atoms with Crippen LogP contribution in [0.3, 0.4) is 0 Å². The molecule has 1 aliphatic rings. The van der Waals surface area contributed by atoms with E-state index in [0.29, 0.717) is 25.1 Å². The van der Waals surface area contributed by atoms with E-state index in [0.717, 1.165) is 6.42 Å². The van der Waals surface area contributed by atoms with Crippen LogP contribution in [-0.2, 0) is 14.3 Å². The molecule has 0 spiro atoms. The van der Waals surface area contributed by atoms with E-state index in [1.165, 1.54) is 0 Å². The smallest absolute Gasteiger partial charge is 0.326 e. The van der Waals surface area contributed by atoms with E-state index in [4.69, 9.17) is 15.6 Å². The minimum absolute atomic E-state index is 0.0878. The number of rotatable bonds is 7. The number of nitrogens with two attached hydrogens (primary N) is 1. The molecule has 0 aromatic heterocycles. The van der Waals surface area contributed by atoms with Gasteiger partial charge in [-0.05, 0) is 31.3 Å². The average Bonchev–Trinajstić information content (AvgIpc) is 2.82. The third-order valence-corrected chi connectivity index (χ3v) is 3.53. The highest BCUT2D eigenvalue weighted by molar-refractivity contribution is 7.98. The molecular weight excluding hydrogens is 256 g/mol. The second kappa shape index (κ2) is 7.60. The number of carboxylic acids is 1. The molecule has 0 saturated carbocycles. The summed E-state index contributed by atoms with van der Waals surface area (Å²) in [5, 5.41) is 11.5. The summed E-state index contributed by atoms with van der Waals surface area (Å²) < 4.78 is 5.42. The Morgan fingerprint density at radius 1 is 1.56 bits per heavy atom. The number of aliphatic carboxylic acids is 1. The fourth-order valence-corrected chi connectivity index (χ4v) is 2.30. The molecule has 104 valence electrons. The summed E-state index contributed by atoms with van der Waals surface area (Å²) >= 11 is 1.55. The molecule has 1 amide bonds. The molecule has 6 nitrogen and oxygen atoms in total. The molecule has 3 atom stereocenters. The Labute approximate surface area is 111 Å². The summed E-state index contributed by atoms with van der Waals surface area (Å²) in [6.07, 6.45) is 3.01. The zero-order valence-corrected chi connectivity index (χ0v) is 11.2. The molecule has 1 rings (SSSR count).